The lowest BCUT2D eigenvalue weighted by atomic mass is 9.84. The first-order valence-electron chi connectivity index (χ1n) is 6.65. The summed E-state index contributed by atoms with van der Waals surface area (Å²) in [6.07, 6.45) is 2.30. The standard InChI is InChI=1S/C16H27N/c1-7-15(17-6)11-13-10-14(16(3,4)5)9-8-12(13)2/h8-10,15,17H,7,11H2,1-6H3. The van der Waals surface area contributed by atoms with Gasteiger partial charge in [0, 0.05) is 6.04 Å². The molecule has 0 aliphatic heterocycles. The lowest BCUT2D eigenvalue weighted by Gasteiger charge is -2.22. The summed E-state index contributed by atoms with van der Waals surface area (Å²) in [6.45, 7) is 11.3. The van der Waals surface area contributed by atoms with Gasteiger partial charge in [-0.05, 0) is 48.9 Å². The van der Waals surface area contributed by atoms with Gasteiger partial charge in [0.1, 0.15) is 0 Å². The van der Waals surface area contributed by atoms with Crippen molar-refractivity contribution in [1.29, 1.82) is 0 Å². The van der Waals surface area contributed by atoms with Crippen molar-refractivity contribution in [2.24, 2.45) is 0 Å². The zero-order valence-corrected chi connectivity index (χ0v) is 12.2. The van der Waals surface area contributed by atoms with Crippen molar-refractivity contribution in [2.75, 3.05) is 7.05 Å². The maximum absolute atomic E-state index is 3.39. The Hall–Kier alpha value is -0.820. The summed E-state index contributed by atoms with van der Waals surface area (Å²) in [7, 11) is 2.05. The first-order chi connectivity index (χ1) is 7.88. The summed E-state index contributed by atoms with van der Waals surface area (Å²) >= 11 is 0. The van der Waals surface area contributed by atoms with Crippen molar-refractivity contribution in [3.05, 3.63) is 34.9 Å². The molecule has 96 valence electrons. The highest BCUT2D eigenvalue weighted by molar-refractivity contribution is 5.35. The molecule has 1 rings (SSSR count). The molecule has 0 aliphatic rings. The van der Waals surface area contributed by atoms with Gasteiger partial charge in [0.25, 0.3) is 0 Å². The predicted molar refractivity (Wildman–Crippen MR) is 76.7 cm³/mol. The van der Waals surface area contributed by atoms with Gasteiger partial charge in [-0.2, -0.15) is 0 Å². The van der Waals surface area contributed by atoms with E-state index in [1.165, 1.54) is 23.1 Å². The molecule has 1 aromatic carbocycles. The van der Waals surface area contributed by atoms with E-state index in [-0.39, 0.29) is 5.41 Å². The Morgan fingerprint density at radius 1 is 1.24 bits per heavy atom. The van der Waals surface area contributed by atoms with Crippen LogP contribution in [0.3, 0.4) is 0 Å². The van der Waals surface area contributed by atoms with E-state index in [0.29, 0.717) is 6.04 Å². The van der Waals surface area contributed by atoms with E-state index in [4.69, 9.17) is 0 Å². The van der Waals surface area contributed by atoms with Gasteiger partial charge in [-0.3, -0.25) is 0 Å². The molecule has 1 unspecified atom stereocenters. The zero-order valence-electron chi connectivity index (χ0n) is 12.2. The molecule has 1 atom stereocenters. The van der Waals surface area contributed by atoms with Crippen molar-refractivity contribution < 1.29 is 0 Å². The maximum atomic E-state index is 3.39. The van der Waals surface area contributed by atoms with E-state index in [9.17, 15) is 0 Å². The van der Waals surface area contributed by atoms with Crippen LogP contribution in [0.2, 0.25) is 0 Å². The fraction of sp³-hybridized carbons (Fsp3) is 0.625. The van der Waals surface area contributed by atoms with Crippen LogP contribution in [0.15, 0.2) is 18.2 Å². The molecule has 1 N–H and O–H groups in total. The minimum Gasteiger partial charge on any atom is -0.317 e. The van der Waals surface area contributed by atoms with E-state index in [1.54, 1.807) is 0 Å². The fourth-order valence-electron chi connectivity index (χ4n) is 2.07. The van der Waals surface area contributed by atoms with Crippen molar-refractivity contribution in [3.8, 4) is 0 Å². The molecule has 17 heavy (non-hydrogen) atoms. The molecule has 1 aromatic rings. The molecule has 1 heteroatoms. The second kappa shape index (κ2) is 5.68. The Bertz CT molecular complexity index is 356. The second-order valence-corrected chi connectivity index (χ2v) is 5.99. The first kappa shape index (κ1) is 14.2. The molecule has 0 heterocycles. The van der Waals surface area contributed by atoms with E-state index in [1.807, 2.05) is 0 Å². The average Bonchev–Trinajstić information content (AvgIpc) is 2.26. The molecular weight excluding hydrogens is 206 g/mol. The fourth-order valence-corrected chi connectivity index (χ4v) is 2.07. The topological polar surface area (TPSA) is 12.0 Å². The minimum absolute atomic E-state index is 0.240. The third-order valence-corrected chi connectivity index (χ3v) is 3.58. The molecule has 0 aromatic heterocycles. The summed E-state index contributed by atoms with van der Waals surface area (Å²) in [5.74, 6) is 0. The number of aryl methyl sites for hydroxylation is 1. The van der Waals surface area contributed by atoms with Crippen molar-refractivity contribution in [1.82, 2.24) is 5.32 Å². The van der Waals surface area contributed by atoms with Gasteiger partial charge >= 0.3 is 0 Å². The highest BCUT2D eigenvalue weighted by Crippen LogP contribution is 2.25. The molecule has 0 fully saturated rings. The van der Waals surface area contributed by atoms with Gasteiger partial charge in [0.15, 0.2) is 0 Å². The van der Waals surface area contributed by atoms with E-state index in [0.717, 1.165) is 6.42 Å². The third kappa shape index (κ3) is 3.85. The van der Waals surface area contributed by atoms with Gasteiger partial charge in [-0.1, -0.05) is 45.9 Å². The monoisotopic (exact) mass is 233 g/mol. The quantitative estimate of drug-likeness (QED) is 0.833. The van der Waals surface area contributed by atoms with Crippen LogP contribution in [-0.2, 0) is 11.8 Å². The second-order valence-electron chi connectivity index (χ2n) is 5.99. The summed E-state index contributed by atoms with van der Waals surface area (Å²) in [6, 6.07) is 7.50. The molecule has 1 nitrogen and oxygen atoms in total. The van der Waals surface area contributed by atoms with Gasteiger partial charge in [-0.25, -0.2) is 0 Å². The highest BCUT2D eigenvalue weighted by atomic mass is 14.9. The van der Waals surface area contributed by atoms with Crippen molar-refractivity contribution >= 4 is 0 Å². The molecule has 0 spiro atoms. The molecule has 0 radical (unpaired) electrons. The predicted octanol–water partition coefficient (Wildman–Crippen LogP) is 3.83. The van der Waals surface area contributed by atoms with Gasteiger partial charge in [0.2, 0.25) is 0 Å². The van der Waals surface area contributed by atoms with Gasteiger partial charge in [0.05, 0.1) is 0 Å². The van der Waals surface area contributed by atoms with Crippen LogP contribution in [0.25, 0.3) is 0 Å². The van der Waals surface area contributed by atoms with Crippen LogP contribution in [0.5, 0.6) is 0 Å². The third-order valence-electron chi connectivity index (χ3n) is 3.58. The number of hydrogen-bond donors (Lipinski definition) is 1. The Labute approximate surface area is 107 Å². The summed E-state index contributed by atoms with van der Waals surface area (Å²) in [5, 5.41) is 3.39. The maximum Gasteiger partial charge on any atom is 0.0102 e. The average molecular weight is 233 g/mol. The van der Waals surface area contributed by atoms with Gasteiger partial charge in [-0.15, -0.1) is 0 Å². The van der Waals surface area contributed by atoms with E-state index < -0.39 is 0 Å². The van der Waals surface area contributed by atoms with Crippen LogP contribution in [0, 0.1) is 6.92 Å². The lowest BCUT2D eigenvalue weighted by Crippen LogP contribution is -2.27. The van der Waals surface area contributed by atoms with Crippen molar-refractivity contribution in [3.63, 3.8) is 0 Å². The van der Waals surface area contributed by atoms with E-state index >= 15 is 0 Å². The van der Waals surface area contributed by atoms with Crippen LogP contribution >= 0.6 is 0 Å². The Morgan fingerprint density at radius 2 is 1.88 bits per heavy atom. The molecule has 0 saturated heterocycles. The number of hydrogen-bond acceptors (Lipinski definition) is 1. The Morgan fingerprint density at radius 3 is 2.35 bits per heavy atom. The molecule has 0 amide bonds. The first-order valence-corrected chi connectivity index (χ1v) is 6.65. The van der Waals surface area contributed by atoms with Crippen LogP contribution in [0.1, 0.15) is 50.8 Å². The highest BCUT2D eigenvalue weighted by Gasteiger charge is 2.15. The van der Waals surface area contributed by atoms with Gasteiger partial charge < -0.3 is 5.32 Å². The number of benzene rings is 1. The SMILES string of the molecule is CCC(Cc1cc(C(C)(C)C)ccc1C)NC. The van der Waals surface area contributed by atoms with Crippen molar-refractivity contribution in [2.45, 2.75) is 58.9 Å². The largest absolute Gasteiger partial charge is 0.317 e. The summed E-state index contributed by atoms with van der Waals surface area (Å²) in [4.78, 5) is 0. The molecule has 0 aliphatic carbocycles. The summed E-state index contributed by atoms with van der Waals surface area (Å²) < 4.78 is 0. The zero-order chi connectivity index (χ0) is 13.1. The molecule has 0 bridgehead atoms. The van der Waals surface area contributed by atoms with Crippen LogP contribution in [-0.4, -0.2) is 13.1 Å². The number of nitrogens with one attached hydrogen (secondary N) is 1. The van der Waals surface area contributed by atoms with Crippen LogP contribution < -0.4 is 5.32 Å². The minimum atomic E-state index is 0.240. The summed E-state index contributed by atoms with van der Waals surface area (Å²) in [5.41, 5.74) is 4.57. The van der Waals surface area contributed by atoms with E-state index in [2.05, 4.69) is 65.2 Å². The number of rotatable bonds is 4. The Kier molecular flexibility index (Phi) is 4.76. The van der Waals surface area contributed by atoms with Crippen LogP contribution in [0.4, 0.5) is 0 Å². The normalized spacial score (nSPS) is 13.8. The Balaban J connectivity index is 2.98. The lowest BCUT2D eigenvalue weighted by molar-refractivity contribution is 0.539. The molecule has 0 saturated carbocycles. The smallest absolute Gasteiger partial charge is 0.0102 e. The number of likely N-dealkylation sites (N-methyl/N-ethyl adjacent to an activating group) is 1. The molecular formula is C16H27N.